The smallest absolute Gasteiger partial charge is 0.160 e. The van der Waals surface area contributed by atoms with Gasteiger partial charge in [-0.2, -0.15) is 0 Å². The van der Waals surface area contributed by atoms with Crippen LogP contribution in [-0.2, 0) is 0 Å². The number of thiophene rings is 1. The van der Waals surface area contributed by atoms with Crippen molar-refractivity contribution in [2.45, 2.75) is 13.8 Å². The number of anilines is 1. The predicted octanol–water partition coefficient (Wildman–Crippen LogP) is 3.43. The fraction of sp³-hybridized carbons (Fsp3) is 0.154. The fourth-order valence-electron chi connectivity index (χ4n) is 1.70. The van der Waals surface area contributed by atoms with E-state index < -0.39 is 0 Å². The Balaban J connectivity index is 2.58. The average molecular weight is 231 g/mol. The largest absolute Gasteiger partial charge is 0.399 e. The summed E-state index contributed by atoms with van der Waals surface area (Å²) in [5.74, 6) is 0. The molecule has 0 unspecified atom stereocenters. The summed E-state index contributed by atoms with van der Waals surface area (Å²) in [6.07, 6.45) is 0.878. The van der Waals surface area contributed by atoms with Crippen LogP contribution in [0.25, 0.3) is 10.4 Å². The zero-order valence-electron chi connectivity index (χ0n) is 9.28. The molecule has 0 saturated heterocycles. The molecule has 1 aromatic heterocycles. The highest BCUT2D eigenvalue weighted by Gasteiger charge is 2.08. The highest BCUT2D eigenvalue weighted by atomic mass is 32.1. The van der Waals surface area contributed by atoms with Gasteiger partial charge in [0.05, 0.1) is 4.88 Å². The van der Waals surface area contributed by atoms with Crippen LogP contribution in [0.4, 0.5) is 5.69 Å². The number of nitrogen functional groups attached to an aromatic ring is 1. The predicted molar refractivity (Wildman–Crippen MR) is 69.0 cm³/mol. The minimum atomic E-state index is 0.745. The van der Waals surface area contributed by atoms with Crippen molar-refractivity contribution in [3.8, 4) is 10.4 Å². The molecular weight excluding hydrogens is 218 g/mol. The van der Waals surface area contributed by atoms with E-state index in [1.54, 1.807) is 0 Å². The number of aryl methyl sites for hydroxylation is 1. The highest BCUT2D eigenvalue weighted by Crippen LogP contribution is 2.32. The Hall–Kier alpha value is -1.61. The van der Waals surface area contributed by atoms with Crippen molar-refractivity contribution in [1.29, 1.82) is 0 Å². The monoisotopic (exact) mass is 231 g/mol. The summed E-state index contributed by atoms with van der Waals surface area (Å²) in [7, 11) is 0. The van der Waals surface area contributed by atoms with Crippen LogP contribution in [0, 0.1) is 13.8 Å². The number of carbonyl (C=O) groups is 1. The zero-order chi connectivity index (χ0) is 11.7. The second kappa shape index (κ2) is 4.10. The van der Waals surface area contributed by atoms with E-state index >= 15 is 0 Å². The van der Waals surface area contributed by atoms with Gasteiger partial charge in [0.1, 0.15) is 0 Å². The van der Waals surface area contributed by atoms with E-state index in [0.717, 1.165) is 27.3 Å². The van der Waals surface area contributed by atoms with E-state index in [2.05, 4.69) is 6.92 Å². The van der Waals surface area contributed by atoms with Gasteiger partial charge in [0.15, 0.2) is 6.29 Å². The minimum absolute atomic E-state index is 0.745. The second-order valence-electron chi connectivity index (χ2n) is 3.83. The topological polar surface area (TPSA) is 43.1 Å². The lowest BCUT2D eigenvalue weighted by atomic mass is 10.0. The Morgan fingerprint density at radius 3 is 2.62 bits per heavy atom. The quantitative estimate of drug-likeness (QED) is 0.635. The lowest BCUT2D eigenvalue weighted by Crippen LogP contribution is -1.91. The summed E-state index contributed by atoms with van der Waals surface area (Å²) in [5.41, 5.74) is 10.1. The average Bonchev–Trinajstić information content (AvgIpc) is 2.71. The molecule has 0 radical (unpaired) electrons. The molecule has 1 heterocycles. The van der Waals surface area contributed by atoms with E-state index in [0.29, 0.717) is 0 Å². The molecule has 16 heavy (non-hydrogen) atoms. The van der Waals surface area contributed by atoms with Crippen LogP contribution in [0.1, 0.15) is 20.8 Å². The Morgan fingerprint density at radius 2 is 2.00 bits per heavy atom. The highest BCUT2D eigenvalue weighted by molar-refractivity contribution is 7.17. The van der Waals surface area contributed by atoms with Crippen molar-refractivity contribution >= 4 is 23.3 Å². The molecule has 0 spiro atoms. The van der Waals surface area contributed by atoms with Crippen molar-refractivity contribution < 1.29 is 4.79 Å². The fourth-order valence-corrected chi connectivity index (χ4v) is 2.60. The lowest BCUT2D eigenvalue weighted by Gasteiger charge is -2.08. The number of hydrogen-bond donors (Lipinski definition) is 1. The van der Waals surface area contributed by atoms with Crippen LogP contribution in [0.3, 0.4) is 0 Å². The summed E-state index contributed by atoms with van der Waals surface area (Å²) in [5, 5.41) is 0. The number of carbonyl (C=O) groups excluding carboxylic acids is 1. The van der Waals surface area contributed by atoms with E-state index in [9.17, 15) is 4.79 Å². The maximum Gasteiger partial charge on any atom is 0.160 e. The molecular formula is C13H13NOS. The molecule has 0 amide bonds. The third-order valence-corrected chi connectivity index (χ3v) is 3.74. The Bertz CT molecular complexity index is 543. The Labute approximate surface area is 98.7 Å². The number of rotatable bonds is 2. The Kier molecular flexibility index (Phi) is 2.79. The first-order chi connectivity index (χ1) is 7.61. The molecule has 0 aliphatic rings. The van der Waals surface area contributed by atoms with E-state index in [1.807, 2.05) is 31.2 Å². The molecule has 0 fully saturated rings. The first-order valence-corrected chi connectivity index (χ1v) is 5.85. The van der Waals surface area contributed by atoms with E-state index in [-0.39, 0.29) is 0 Å². The van der Waals surface area contributed by atoms with Crippen LogP contribution >= 0.6 is 11.3 Å². The molecule has 2 nitrogen and oxygen atoms in total. The zero-order valence-corrected chi connectivity index (χ0v) is 10.1. The maximum atomic E-state index is 10.7. The van der Waals surface area contributed by atoms with Crippen molar-refractivity contribution in [2.24, 2.45) is 0 Å². The standard InChI is InChI=1S/C13H13NOS/c1-8-5-10(14)6-12(9(8)2)13-4-3-11(7-15)16-13/h3-7H,14H2,1-2H3. The molecule has 0 aliphatic carbocycles. The summed E-state index contributed by atoms with van der Waals surface area (Å²) in [6, 6.07) is 7.73. The SMILES string of the molecule is Cc1cc(N)cc(-c2ccc(C=O)s2)c1C. The molecule has 2 rings (SSSR count). The molecule has 0 saturated carbocycles. The number of hydrogen-bond acceptors (Lipinski definition) is 3. The summed E-state index contributed by atoms with van der Waals surface area (Å²) in [4.78, 5) is 12.5. The molecule has 0 atom stereocenters. The van der Waals surface area contributed by atoms with Crippen LogP contribution in [0.2, 0.25) is 0 Å². The van der Waals surface area contributed by atoms with Gasteiger partial charge in [-0.15, -0.1) is 11.3 Å². The van der Waals surface area contributed by atoms with Gasteiger partial charge >= 0.3 is 0 Å². The van der Waals surface area contributed by atoms with Crippen LogP contribution in [0.5, 0.6) is 0 Å². The van der Waals surface area contributed by atoms with Crippen LogP contribution in [0.15, 0.2) is 24.3 Å². The first-order valence-electron chi connectivity index (χ1n) is 5.04. The van der Waals surface area contributed by atoms with Gasteiger partial charge in [-0.1, -0.05) is 0 Å². The lowest BCUT2D eigenvalue weighted by molar-refractivity contribution is 0.112. The van der Waals surface area contributed by atoms with Gasteiger partial charge in [-0.25, -0.2) is 0 Å². The van der Waals surface area contributed by atoms with Gasteiger partial charge in [0.2, 0.25) is 0 Å². The third kappa shape index (κ3) is 1.86. The Morgan fingerprint density at radius 1 is 1.25 bits per heavy atom. The van der Waals surface area contributed by atoms with Gasteiger partial charge in [0, 0.05) is 10.6 Å². The normalized spacial score (nSPS) is 10.4. The summed E-state index contributed by atoms with van der Waals surface area (Å²) >= 11 is 1.49. The molecule has 3 heteroatoms. The van der Waals surface area contributed by atoms with Gasteiger partial charge in [0.25, 0.3) is 0 Å². The van der Waals surface area contributed by atoms with E-state index in [4.69, 9.17) is 5.73 Å². The molecule has 2 N–H and O–H groups in total. The molecule has 2 aromatic rings. The maximum absolute atomic E-state index is 10.7. The van der Waals surface area contributed by atoms with Gasteiger partial charge in [-0.3, -0.25) is 4.79 Å². The number of benzene rings is 1. The van der Waals surface area contributed by atoms with Gasteiger partial charge < -0.3 is 5.73 Å². The number of aldehydes is 1. The molecule has 0 aliphatic heterocycles. The van der Waals surface area contributed by atoms with Crippen LogP contribution < -0.4 is 5.73 Å². The van der Waals surface area contributed by atoms with Gasteiger partial charge in [-0.05, 0) is 54.8 Å². The minimum Gasteiger partial charge on any atom is -0.399 e. The van der Waals surface area contributed by atoms with E-state index in [1.165, 1.54) is 22.5 Å². The number of nitrogens with two attached hydrogens (primary N) is 1. The first kappa shape index (κ1) is 10.9. The second-order valence-corrected chi connectivity index (χ2v) is 4.95. The molecule has 82 valence electrons. The van der Waals surface area contributed by atoms with Crippen molar-refractivity contribution in [3.63, 3.8) is 0 Å². The molecule has 1 aromatic carbocycles. The summed E-state index contributed by atoms with van der Waals surface area (Å²) < 4.78 is 0. The molecule has 0 bridgehead atoms. The van der Waals surface area contributed by atoms with Crippen LogP contribution in [-0.4, -0.2) is 6.29 Å². The van der Waals surface area contributed by atoms with Crippen molar-refractivity contribution in [1.82, 2.24) is 0 Å². The third-order valence-electron chi connectivity index (χ3n) is 2.70. The summed E-state index contributed by atoms with van der Waals surface area (Å²) in [6.45, 7) is 4.12. The van der Waals surface area contributed by atoms with Crippen molar-refractivity contribution in [3.05, 3.63) is 40.3 Å². The van der Waals surface area contributed by atoms with Crippen molar-refractivity contribution in [2.75, 3.05) is 5.73 Å².